The number of rotatable bonds is 2. The zero-order chi connectivity index (χ0) is 12.6. The summed E-state index contributed by atoms with van der Waals surface area (Å²) in [6, 6.07) is 3.67. The van der Waals surface area contributed by atoms with Gasteiger partial charge >= 0.3 is 6.18 Å². The van der Waals surface area contributed by atoms with Crippen molar-refractivity contribution in [1.29, 1.82) is 0 Å². The van der Waals surface area contributed by atoms with Crippen LogP contribution in [0, 0.1) is 0 Å². The largest absolute Gasteiger partial charge is 0.416 e. The van der Waals surface area contributed by atoms with Crippen LogP contribution in [0.1, 0.15) is 11.1 Å². The van der Waals surface area contributed by atoms with Crippen LogP contribution >= 0.6 is 7.14 Å². The van der Waals surface area contributed by atoms with E-state index in [1.807, 2.05) is 0 Å². The molecule has 0 bridgehead atoms. The van der Waals surface area contributed by atoms with Crippen LogP contribution in [0.4, 0.5) is 13.2 Å². The lowest BCUT2D eigenvalue weighted by Gasteiger charge is -2.15. The van der Waals surface area contributed by atoms with Crippen LogP contribution in [0.2, 0.25) is 0 Å². The standard InChI is InChI=1S/C10H13F3NOP/c1-16(2,15)8-4-3-7(6-14)9(5-8)10(11,12)13/h3-5H,6,14H2,1-2H3. The van der Waals surface area contributed by atoms with Gasteiger partial charge in [-0.15, -0.1) is 0 Å². The van der Waals surface area contributed by atoms with Gasteiger partial charge in [0.05, 0.1) is 5.56 Å². The van der Waals surface area contributed by atoms with Gasteiger partial charge in [0.2, 0.25) is 0 Å². The maximum Gasteiger partial charge on any atom is 0.416 e. The highest BCUT2D eigenvalue weighted by atomic mass is 31.2. The smallest absolute Gasteiger partial charge is 0.326 e. The molecule has 0 aliphatic carbocycles. The monoisotopic (exact) mass is 251 g/mol. The highest BCUT2D eigenvalue weighted by Gasteiger charge is 2.33. The Kier molecular flexibility index (Phi) is 3.50. The lowest BCUT2D eigenvalue weighted by Crippen LogP contribution is -2.16. The van der Waals surface area contributed by atoms with E-state index in [9.17, 15) is 17.7 Å². The molecule has 0 fully saturated rings. The average Bonchev–Trinajstić information content (AvgIpc) is 2.14. The third-order valence-electron chi connectivity index (χ3n) is 2.24. The fourth-order valence-electron chi connectivity index (χ4n) is 1.34. The van der Waals surface area contributed by atoms with Crippen molar-refractivity contribution in [3.63, 3.8) is 0 Å². The van der Waals surface area contributed by atoms with Gasteiger partial charge in [0.1, 0.15) is 7.14 Å². The first-order chi connectivity index (χ1) is 7.16. The number of hydrogen-bond donors (Lipinski definition) is 1. The summed E-state index contributed by atoms with van der Waals surface area (Å²) in [6.07, 6.45) is -4.46. The number of nitrogens with two attached hydrogens (primary N) is 1. The minimum Gasteiger partial charge on any atom is -0.326 e. The molecule has 0 spiro atoms. The van der Waals surface area contributed by atoms with Crippen LogP contribution in [-0.2, 0) is 17.3 Å². The number of hydrogen-bond acceptors (Lipinski definition) is 2. The molecule has 0 saturated carbocycles. The van der Waals surface area contributed by atoms with Gasteiger partial charge < -0.3 is 10.3 Å². The molecule has 16 heavy (non-hydrogen) atoms. The minimum atomic E-state index is -4.46. The van der Waals surface area contributed by atoms with Crippen molar-refractivity contribution in [2.75, 3.05) is 13.3 Å². The van der Waals surface area contributed by atoms with E-state index >= 15 is 0 Å². The fraction of sp³-hybridized carbons (Fsp3) is 0.400. The predicted octanol–water partition coefficient (Wildman–Crippen LogP) is 2.41. The van der Waals surface area contributed by atoms with Gasteiger partial charge in [-0.3, -0.25) is 0 Å². The summed E-state index contributed by atoms with van der Waals surface area (Å²) >= 11 is 0. The van der Waals surface area contributed by atoms with E-state index in [1.165, 1.54) is 25.5 Å². The molecule has 2 nitrogen and oxygen atoms in total. The Bertz CT molecular complexity index is 436. The van der Waals surface area contributed by atoms with Crippen molar-refractivity contribution in [1.82, 2.24) is 0 Å². The molecule has 1 aromatic carbocycles. The number of benzene rings is 1. The maximum atomic E-state index is 12.7. The first kappa shape index (κ1) is 13.3. The molecule has 0 heterocycles. The first-order valence-corrected chi connectivity index (χ1v) is 7.22. The summed E-state index contributed by atoms with van der Waals surface area (Å²) in [4.78, 5) is 0. The topological polar surface area (TPSA) is 43.1 Å². The molecule has 0 atom stereocenters. The second-order valence-corrected chi connectivity index (χ2v) is 7.11. The molecule has 0 aliphatic heterocycles. The van der Waals surface area contributed by atoms with Crippen molar-refractivity contribution in [3.8, 4) is 0 Å². The van der Waals surface area contributed by atoms with Crippen LogP contribution in [0.3, 0.4) is 0 Å². The lowest BCUT2D eigenvalue weighted by molar-refractivity contribution is -0.138. The van der Waals surface area contributed by atoms with E-state index in [1.54, 1.807) is 0 Å². The van der Waals surface area contributed by atoms with Gasteiger partial charge in [0, 0.05) is 11.8 Å². The average molecular weight is 251 g/mol. The number of alkyl halides is 3. The van der Waals surface area contributed by atoms with Crippen LogP contribution < -0.4 is 11.0 Å². The normalized spacial score (nSPS) is 12.9. The van der Waals surface area contributed by atoms with Gasteiger partial charge in [-0.05, 0) is 25.0 Å². The maximum absolute atomic E-state index is 12.7. The molecule has 0 radical (unpaired) electrons. The van der Waals surface area contributed by atoms with Gasteiger partial charge in [0.15, 0.2) is 0 Å². The van der Waals surface area contributed by atoms with Crippen LogP contribution in [0.15, 0.2) is 18.2 Å². The van der Waals surface area contributed by atoms with Crippen molar-refractivity contribution in [2.24, 2.45) is 5.73 Å². The highest BCUT2D eigenvalue weighted by molar-refractivity contribution is 7.70. The summed E-state index contributed by atoms with van der Waals surface area (Å²) in [5.41, 5.74) is 4.46. The van der Waals surface area contributed by atoms with E-state index in [-0.39, 0.29) is 17.4 Å². The molecular formula is C10H13F3NOP. The van der Waals surface area contributed by atoms with Crippen molar-refractivity contribution in [2.45, 2.75) is 12.7 Å². The highest BCUT2D eigenvalue weighted by Crippen LogP contribution is 2.38. The van der Waals surface area contributed by atoms with Crippen molar-refractivity contribution in [3.05, 3.63) is 29.3 Å². The van der Waals surface area contributed by atoms with Crippen LogP contribution in [0.5, 0.6) is 0 Å². The first-order valence-electron chi connectivity index (χ1n) is 4.62. The van der Waals surface area contributed by atoms with Gasteiger partial charge in [0.25, 0.3) is 0 Å². The molecule has 0 saturated heterocycles. The Morgan fingerprint density at radius 1 is 1.31 bits per heavy atom. The predicted molar refractivity (Wildman–Crippen MR) is 58.4 cm³/mol. The summed E-state index contributed by atoms with van der Waals surface area (Å²) in [5, 5.41) is 0.219. The SMILES string of the molecule is CP(C)(=O)c1ccc(CN)c(C(F)(F)F)c1. The van der Waals surface area contributed by atoms with Crippen molar-refractivity contribution >= 4 is 12.4 Å². The molecule has 0 unspecified atom stereocenters. The Labute approximate surface area is 92.0 Å². The van der Waals surface area contributed by atoms with Crippen molar-refractivity contribution < 1.29 is 17.7 Å². The molecule has 1 rings (SSSR count). The molecule has 1 aromatic rings. The lowest BCUT2D eigenvalue weighted by atomic mass is 10.1. The molecular weight excluding hydrogens is 238 g/mol. The summed E-state index contributed by atoms with van der Waals surface area (Å²) in [7, 11) is -2.69. The Hall–Kier alpha value is -0.800. The molecule has 90 valence electrons. The summed E-state index contributed by atoms with van der Waals surface area (Å²) < 4.78 is 49.7. The van der Waals surface area contributed by atoms with Crippen LogP contribution in [0.25, 0.3) is 0 Å². The van der Waals surface area contributed by atoms with E-state index in [4.69, 9.17) is 5.73 Å². The summed E-state index contributed by atoms with van der Waals surface area (Å²) in [5.74, 6) is 0. The Morgan fingerprint density at radius 2 is 1.88 bits per heavy atom. The quantitative estimate of drug-likeness (QED) is 0.820. The van der Waals surface area contributed by atoms with Crippen LogP contribution in [-0.4, -0.2) is 13.3 Å². The second kappa shape index (κ2) is 4.22. The number of halogens is 3. The van der Waals surface area contributed by atoms with Gasteiger partial charge in [-0.1, -0.05) is 12.1 Å². The molecule has 0 amide bonds. The van der Waals surface area contributed by atoms with E-state index in [0.29, 0.717) is 0 Å². The minimum absolute atomic E-state index is 0.0182. The Morgan fingerprint density at radius 3 is 2.25 bits per heavy atom. The summed E-state index contributed by atoms with van der Waals surface area (Å²) in [6.45, 7) is 2.68. The zero-order valence-corrected chi connectivity index (χ0v) is 9.90. The van der Waals surface area contributed by atoms with Gasteiger partial charge in [-0.2, -0.15) is 13.2 Å². The third kappa shape index (κ3) is 2.86. The molecule has 0 aromatic heterocycles. The second-order valence-electron chi connectivity index (χ2n) is 3.89. The molecule has 2 N–H and O–H groups in total. The fourth-order valence-corrected chi connectivity index (χ4v) is 2.21. The molecule has 6 heteroatoms. The zero-order valence-electron chi connectivity index (χ0n) is 9.01. The Balaban J connectivity index is 3.39. The van der Waals surface area contributed by atoms with E-state index in [0.717, 1.165) is 6.07 Å². The third-order valence-corrected chi connectivity index (χ3v) is 3.76. The van der Waals surface area contributed by atoms with Gasteiger partial charge in [-0.25, -0.2) is 0 Å². The van der Waals surface area contributed by atoms with E-state index < -0.39 is 18.9 Å². The van der Waals surface area contributed by atoms with E-state index in [2.05, 4.69) is 0 Å². The molecule has 0 aliphatic rings.